The maximum Gasteiger partial charge on any atom is 0.419 e. The summed E-state index contributed by atoms with van der Waals surface area (Å²) >= 11 is 0. The summed E-state index contributed by atoms with van der Waals surface area (Å²) in [4.78, 5) is 0. The highest BCUT2D eigenvalue weighted by Crippen LogP contribution is 2.38. The second kappa shape index (κ2) is 6.49. The van der Waals surface area contributed by atoms with E-state index in [4.69, 9.17) is 11.5 Å². The summed E-state index contributed by atoms with van der Waals surface area (Å²) in [5.74, 6) is -2.54. The summed E-state index contributed by atoms with van der Waals surface area (Å²) in [5, 5.41) is 0. The molecule has 130 valence electrons. The van der Waals surface area contributed by atoms with Gasteiger partial charge in [-0.1, -0.05) is 18.2 Å². The fourth-order valence-corrected chi connectivity index (χ4v) is 2.71. The van der Waals surface area contributed by atoms with Crippen molar-refractivity contribution in [3.05, 3.63) is 70.8 Å². The third-order valence-corrected chi connectivity index (χ3v) is 4.12. The van der Waals surface area contributed by atoms with Crippen molar-refractivity contribution < 1.29 is 22.0 Å². The Labute approximate surface area is 136 Å². The summed E-state index contributed by atoms with van der Waals surface area (Å²) in [6.45, 7) is 1.53. The molecule has 0 fully saturated rings. The lowest BCUT2D eigenvalue weighted by Crippen LogP contribution is -2.43. The van der Waals surface area contributed by atoms with E-state index >= 15 is 0 Å². The van der Waals surface area contributed by atoms with Crippen LogP contribution in [0, 0.1) is 11.6 Å². The fraction of sp³-hybridized carbons (Fsp3) is 0.294. The Morgan fingerprint density at radius 1 is 1.00 bits per heavy atom. The molecule has 2 aromatic rings. The SMILES string of the molecule is CC(N)(c1ccc(F)cc1)C(CN)c1ccc(F)c(C(F)(F)F)c1. The van der Waals surface area contributed by atoms with E-state index in [0.717, 1.165) is 12.1 Å². The molecule has 0 spiro atoms. The van der Waals surface area contributed by atoms with Gasteiger partial charge in [0.15, 0.2) is 0 Å². The van der Waals surface area contributed by atoms with Gasteiger partial charge in [-0.3, -0.25) is 0 Å². The number of hydrogen-bond acceptors (Lipinski definition) is 2. The topological polar surface area (TPSA) is 52.0 Å². The first-order valence-corrected chi connectivity index (χ1v) is 7.19. The zero-order chi connectivity index (χ0) is 18.1. The van der Waals surface area contributed by atoms with Crippen molar-refractivity contribution in [3.63, 3.8) is 0 Å². The Kier molecular flexibility index (Phi) is 4.96. The lowest BCUT2D eigenvalue weighted by molar-refractivity contribution is -0.140. The van der Waals surface area contributed by atoms with E-state index in [0.29, 0.717) is 5.56 Å². The summed E-state index contributed by atoms with van der Waals surface area (Å²) in [6, 6.07) is 8.03. The molecule has 0 radical (unpaired) electrons. The van der Waals surface area contributed by atoms with Gasteiger partial charge in [-0.05, 0) is 42.3 Å². The van der Waals surface area contributed by atoms with E-state index < -0.39 is 34.8 Å². The van der Waals surface area contributed by atoms with E-state index in [1.807, 2.05) is 0 Å². The molecule has 7 heteroatoms. The molecule has 0 heterocycles. The van der Waals surface area contributed by atoms with Crippen LogP contribution < -0.4 is 11.5 Å². The predicted octanol–water partition coefficient (Wildman–Crippen LogP) is 3.90. The molecule has 0 aliphatic heterocycles. The minimum atomic E-state index is -4.82. The predicted molar refractivity (Wildman–Crippen MR) is 81.1 cm³/mol. The average Bonchev–Trinajstić information content (AvgIpc) is 2.48. The Morgan fingerprint density at radius 2 is 1.58 bits per heavy atom. The highest BCUT2D eigenvalue weighted by Gasteiger charge is 2.37. The van der Waals surface area contributed by atoms with Crippen molar-refractivity contribution in [3.8, 4) is 0 Å². The van der Waals surface area contributed by atoms with Crippen LogP contribution in [-0.2, 0) is 11.7 Å². The van der Waals surface area contributed by atoms with E-state index in [-0.39, 0.29) is 12.1 Å². The molecular weight excluding hydrogens is 327 g/mol. The van der Waals surface area contributed by atoms with Crippen molar-refractivity contribution in [2.24, 2.45) is 11.5 Å². The van der Waals surface area contributed by atoms with Crippen LogP contribution in [0.25, 0.3) is 0 Å². The first-order valence-electron chi connectivity index (χ1n) is 7.19. The fourth-order valence-electron chi connectivity index (χ4n) is 2.71. The average molecular weight is 344 g/mol. The monoisotopic (exact) mass is 344 g/mol. The third kappa shape index (κ3) is 3.57. The summed E-state index contributed by atoms with van der Waals surface area (Å²) < 4.78 is 65.3. The van der Waals surface area contributed by atoms with Crippen molar-refractivity contribution in [1.29, 1.82) is 0 Å². The second-order valence-corrected chi connectivity index (χ2v) is 5.81. The second-order valence-electron chi connectivity index (χ2n) is 5.81. The minimum Gasteiger partial charge on any atom is -0.330 e. The molecule has 24 heavy (non-hydrogen) atoms. The molecule has 2 atom stereocenters. The summed E-state index contributed by atoms with van der Waals surface area (Å²) in [6.07, 6.45) is -4.82. The van der Waals surface area contributed by atoms with E-state index in [2.05, 4.69) is 0 Å². The highest BCUT2D eigenvalue weighted by molar-refractivity contribution is 5.36. The maximum absolute atomic E-state index is 13.5. The van der Waals surface area contributed by atoms with Crippen molar-refractivity contribution in [2.75, 3.05) is 6.54 Å². The zero-order valence-electron chi connectivity index (χ0n) is 12.9. The van der Waals surface area contributed by atoms with Crippen molar-refractivity contribution >= 4 is 0 Å². The largest absolute Gasteiger partial charge is 0.419 e. The molecule has 4 N–H and O–H groups in total. The van der Waals surface area contributed by atoms with Gasteiger partial charge in [-0.15, -0.1) is 0 Å². The Balaban J connectivity index is 2.49. The Hall–Kier alpha value is -1.99. The van der Waals surface area contributed by atoms with Crippen LogP contribution in [0.3, 0.4) is 0 Å². The number of nitrogens with two attached hydrogens (primary N) is 2. The van der Waals surface area contributed by atoms with Crippen LogP contribution in [0.15, 0.2) is 42.5 Å². The van der Waals surface area contributed by atoms with Crippen LogP contribution in [0.2, 0.25) is 0 Å². The van der Waals surface area contributed by atoms with Gasteiger partial charge in [-0.2, -0.15) is 13.2 Å². The lowest BCUT2D eigenvalue weighted by atomic mass is 9.76. The van der Waals surface area contributed by atoms with Crippen LogP contribution in [0.1, 0.15) is 29.5 Å². The number of alkyl halides is 3. The Bertz CT molecular complexity index is 708. The van der Waals surface area contributed by atoms with Crippen LogP contribution in [-0.4, -0.2) is 6.54 Å². The van der Waals surface area contributed by atoms with E-state index in [1.165, 1.54) is 30.3 Å². The zero-order valence-corrected chi connectivity index (χ0v) is 12.9. The van der Waals surface area contributed by atoms with Gasteiger partial charge in [0, 0.05) is 18.0 Å². The van der Waals surface area contributed by atoms with Crippen LogP contribution >= 0.6 is 0 Å². The van der Waals surface area contributed by atoms with Gasteiger partial charge in [0.2, 0.25) is 0 Å². The van der Waals surface area contributed by atoms with Gasteiger partial charge in [0.05, 0.1) is 5.56 Å². The molecule has 0 aromatic heterocycles. The smallest absolute Gasteiger partial charge is 0.330 e. The number of rotatable bonds is 4. The van der Waals surface area contributed by atoms with Gasteiger partial charge < -0.3 is 11.5 Å². The number of hydrogen-bond donors (Lipinski definition) is 2. The van der Waals surface area contributed by atoms with Gasteiger partial charge >= 0.3 is 6.18 Å². The van der Waals surface area contributed by atoms with Crippen LogP contribution in [0.5, 0.6) is 0 Å². The molecule has 0 aliphatic rings. The van der Waals surface area contributed by atoms with Gasteiger partial charge in [0.25, 0.3) is 0 Å². The van der Waals surface area contributed by atoms with Crippen molar-refractivity contribution in [1.82, 2.24) is 0 Å². The first kappa shape index (κ1) is 18.4. The number of halogens is 5. The molecule has 2 nitrogen and oxygen atoms in total. The molecule has 0 bridgehead atoms. The standard InChI is InChI=1S/C17H17F5N2/c1-16(24,11-3-5-12(18)6-4-11)14(9-23)10-2-7-15(19)13(8-10)17(20,21)22/h2-8,14H,9,23-24H2,1H3. The van der Waals surface area contributed by atoms with Gasteiger partial charge in [0.1, 0.15) is 11.6 Å². The molecule has 0 amide bonds. The molecular formula is C17H17F5N2. The summed E-state index contributed by atoms with van der Waals surface area (Å²) in [5.41, 5.74) is 10.2. The normalized spacial score (nSPS) is 15.8. The third-order valence-electron chi connectivity index (χ3n) is 4.12. The molecule has 0 aliphatic carbocycles. The quantitative estimate of drug-likeness (QED) is 0.827. The maximum atomic E-state index is 13.5. The molecule has 2 aromatic carbocycles. The Morgan fingerprint density at radius 3 is 2.08 bits per heavy atom. The lowest BCUT2D eigenvalue weighted by Gasteiger charge is -2.34. The van der Waals surface area contributed by atoms with Crippen molar-refractivity contribution in [2.45, 2.75) is 24.6 Å². The summed E-state index contributed by atoms with van der Waals surface area (Å²) in [7, 11) is 0. The number of benzene rings is 2. The first-order chi connectivity index (χ1) is 11.1. The molecule has 0 saturated heterocycles. The van der Waals surface area contributed by atoms with E-state index in [9.17, 15) is 22.0 Å². The minimum absolute atomic E-state index is 0.0622. The highest BCUT2D eigenvalue weighted by atomic mass is 19.4. The molecule has 0 saturated carbocycles. The van der Waals surface area contributed by atoms with Gasteiger partial charge in [-0.25, -0.2) is 8.78 Å². The van der Waals surface area contributed by atoms with Crippen LogP contribution in [0.4, 0.5) is 22.0 Å². The molecule has 2 unspecified atom stereocenters. The van der Waals surface area contributed by atoms with E-state index in [1.54, 1.807) is 6.92 Å². The molecule has 2 rings (SSSR count).